The van der Waals surface area contributed by atoms with Crippen molar-refractivity contribution in [3.63, 3.8) is 0 Å². The van der Waals surface area contributed by atoms with Crippen molar-refractivity contribution in [2.75, 3.05) is 21.3 Å². The van der Waals surface area contributed by atoms with Crippen LogP contribution in [0.5, 0.6) is 17.2 Å². The summed E-state index contributed by atoms with van der Waals surface area (Å²) in [6.07, 6.45) is 1.54. The van der Waals surface area contributed by atoms with E-state index in [0.29, 0.717) is 35.1 Å². The summed E-state index contributed by atoms with van der Waals surface area (Å²) in [6, 6.07) is 24.5. The van der Waals surface area contributed by atoms with Crippen LogP contribution in [0.3, 0.4) is 0 Å². The Morgan fingerprint density at radius 3 is 2.36 bits per heavy atom. The number of rotatable bonds is 12. The van der Waals surface area contributed by atoms with Crippen molar-refractivity contribution < 1.29 is 28.6 Å². The van der Waals surface area contributed by atoms with Crippen LogP contribution in [0.4, 0.5) is 0 Å². The third kappa shape index (κ3) is 7.26. The van der Waals surface area contributed by atoms with Crippen LogP contribution in [0, 0.1) is 11.3 Å². The number of benzene rings is 3. The number of carbonyl (C=O) groups excluding carboxylic acids is 1. The number of nitrogens with one attached hydrogen (secondary N) is 1. The molecule has 0 amide bonds. The molecule has 0 aliphatic carbocycles. The van der Waals surface area contributed by atoms with Crippen LogP contribution < -0.4 is 19.7 Å². The van der Waals surface area contributed by atoms with Gasteiger partial charge in [0.05, 0.1) is 39.7 Å². The Bertz CT molecular complexity index is 1200. The summed E-state index contributed by atoms with van der Waals surface area (Å²) in [5.41, 5.74) is 5.98. The predicted octanol–water partition coefficient (Wildman–Crippen LogP) is 4.97. The maximum atomic E-state index is 11.6. The van der Waals surface area contributed by atoms with Crippen molar-refractivity contribution >= 4 is 11.7 Å². The molecule has 0 spiro atoms. The molecule has 1 N–H and O–H groups in total. The molecule has 8 nitrogen and oxygen atoms in total. The van der Waals surface area contributed by atoms with Crippen LogP contribution in [0.25, 0.3) is 5.70 Å². The van der Waals surface area contributed by atoms with Gasteiger partial charge in [-0.3, -0.25) is 15.1 Å². The zero-order chi connectivity index (χ0) is 25.8. The first-order chi connectivity index (χ1) is 17.6. The maximum Gasteiger partial charge on any atom is 0.307 e. The van der Waals surface area contributed by atoms with Gasteiger partial charge in [-0.1, -0.05) is 48.5 Å². The van der Waals surface area contributed by atoms with Gasteiger partial charge in [0.15, 0.2) is 0 Å². The zero-order valence-electron chi connectivity index (χ0n) is 20.4. The Hall–Kier alpha value is -4.48. The predicted molar refractivity (Wildman–Crippen MR) is 134 cm³/mol. The van der Waals surface area contributed by atoms with Crippen molar-refractivity contribution in [1.29, 1.82) is 5.26 Å². The lowest BCUT2D eigenvalue weighted by molar-refractivity contribution is -0.140. The second-order valence-corrected chi connectivity index (χ2v) is 7.62. The summed E-state index contributed by atoms with van der Waals surface area (Å²) in [5.74, 6) is 0.566. The van der Waals surface area contributed by atoms with Gasteiger partial charge in [0.2, 0.25) is 0 Å². The molecule has 186 valence electrons. The van der Waals surface area contributed by atoms with Gasteiger partial charge in [-0.15, -0.1) is 0 Å². The van der Waals surface area contributed by atoms with Gasteiger partial charge >= 0.3 is 5.97 Å². The molecule has 0 saturated heterocycles. The van der Waals surface area contributed by atoms with Crippen molar-refractivity contribution in [3.8, 4) is 23.3 Å². The number of carbonyl (C=O) groups is 1. The minimum Gasteiger partial charge on any atom is -0.496 e. The normalized spacial score (nSPS) is 11.7. The van der Waals surface area contributed by atoms with Crippen molar-refractivity contribution in [2.45, 2.75) is 18.9 Å². The largest absolute Gasteiger partial charge is 0.496 e. The highest BCUT2D eigenvalue weighted by Gasteiger charge is 2.20. The van der Waals surface area contributed by atoms with E-state index in [1.165, 1.54) is 14.2 Å². The highest BCUT2D eigenvalue weighted by molar-refractivity contribution is 5.71. The summed E-state index contributed by atoms with van der Waals surface area (Å²) in [4.78, 5) is 16.7. The molecular formula is C28H28N2O6. The molecule has 0 fully saturated rings. The number of hydroxylamine groups is 1. The lowest BCUT2D eigenvalue weighted by Crippen LogP contribution is -2.11. The van der Waals surface area contributed by atoms with Crippen LogP contribution in [0.2, 0.25) is 0 Å². The topological polar surface area (TPSA) is 99.0 Å². The quantitative estimate of drug-likeness (QED) is 0.217. The van der Waals surface area contributed by atoms with Crippen LogP contribution in [-0.4, -0.2) is 27.3 Å². The average Bonchev–Trinajstić information content (AvgIpc) is 2.93. The van der Waals surface area contributed by atoms with Crippen LogP contribution in [0.1, 0.15) is 29.0 Å². The molecule has 3 rings (SSSR count). The Kier molecular flexibility index (Phi) is 9.74. The lowest BCUT2D eigenvalue weighted by Gasteiger charge is -2.15. The van der Waals surface area contributed by atoms with Crippen LogP contribution >= 0.6 is 0 Å². The third-order valence-electron chi connectivity index (χ3n) is 5.27. The highest BCUT2D eigenvalue weighted by atomic mass is 16.6. The van der Waals surface area contributed by atoms with Gasteiger partial charge in [0, 0.05) is 17.2 Å². The van der Waals surface area contributed by atoms with E-state index < -0.39 is 11.9 Å². The molecule has 36 heavy (non-hydrogen) atoms. The highest BCUT2D eigenvalue weighted by Crippen LogP contribution is 2.32. The minimum absolute atomic E-state index is 0.0540. The molecule has 1 unspecified atom stereocenters. The van der Waals surface area contributed by atoms with E-state index in [1.54, 1.807) is 31.6 Å². The van der Waals surface area contributed by atoms with Gasteiger partial charge in [-0.25, -0.2) is 0 Å². The van der Waals surface area contributed by atoms with Gasteiger partial charge in [-0.05, 0) is 23.8 Å². The Balaban J connectivity index is 1.63. The maximum absolute atomic E-state index is 11.6. The number of hydrogen-bond acceptors (Lipinski definition) is 8. The monoisotopic (exact) mass is 488 g/mol. The Morgan fingerprint density at radius 1 is 1.00 bits per heavy atom. The minimum atomic E-state index is -0.676. The van der Waals surface area contributed by atoms with E-state index >= 15 is 0 Å². The van der Waals surface area contributed by atoms with Crippen molar-refractivity contribution in [3.05, 3.63) is 95.7 Å². The smallest absolute Gasteiger partial charge is 0.307 e. The first kappa shape index (κ1) is 26.1. The molecule has 0 aromatic heterocycles. The fraction of sp³-hybridized carbons (Fsp3) is 0.214. The Morgan fingerprint density at radius 2 is 1.72 bits per heavy atom. The first-order valence-corrected chi connectivity index (χ1v) is 11.1. The number of hydrogen-bond donors (Lipinski definition) is 1. The third-order valence-corrected chi connectivity index (χ3v) is 5.27. The molecule has 8 heteroatoms. The van der Waals surface area contributed by atoms with Crippen molar-refractivity contribution in [1.82, 2.24) is 5.48 Å². The molecule has 3 aromatic rings. The summed E-state index contributed by atoms with van der Waals surface area (Å²) in [5, 5.41) is 9.47. The van der Waals surface area contributed by atoms with Gasteiger partial charge < -0.3 is 18.9 Å². The molecule has 0 radical (unpaired) electrons. The number of nitriles is 1. The summed E-state index contributed by atoms with van der Waals surface area (Å²) < 4.78 is 21.8. The molecule has 3 aromatic carbocycles. The fourth-order valence-corrected chi connectivity index (χ4v) is 3.38. The van der Waals surface area contributed by atoms with E-state index in [-0.39, 0.29) is 6.42 Å². The first-order valence-electron chi connectivity index (χ1n) is 11.1. The summed E-state index contributed by atoms with van der Waals surface area (Å²) >= 11 is 0. The standard InChI is InChI=1S/C28H28N2O6/c1-32-27-16-24(13-14-25(27)22(17-29)15-28(31)33-2)35-18-20-9-11-23(12-10-20)36-19-26(30-34-3)21-7-5-4-6-8-21/h4-14,16,19,22,30H,15,18H2,1-3H3. The second-order valence-electron chi connectivity index (χ2n) is 7.62. The Labute approximate surface area is 210 Å². The second kappa shape index (κ2) is 13.4. The zero-order valence-corrected chi connectivity index (χ0v) is 20.4. The van der Waals surface area contributed by atoms with Gasteiger partial charge in [-0.2, -0.15) is 5.26 Å². The summed E-state index contributed by atoms with van der Waals surface area (Å²) in [7, 11) is 4.34. The molecule has 0 aliphatic rings. The molecule has 1 atom stereocenters. The van der Waals surface area contributed by atoms with E-state index in [2.05, 4.69) is 16.3 Å². The fourth-order valence-electron chi connectivity index (χ4n) is 3.38. The molecule has 0 bridgehead atoms. The molecule has 0 heterocycles. The van der Waals surface area contributed by atoms with Gasteiger partial charge in [0.25, 0.3) is 0 Å². The SMILES string of the molecule is CONC(=COc1ccc(COc2ccc(C(C#N)CC(=O)OC)c(OC)c2)cc1)c1ccccc1. The van der Waals surface area contributed by atoms with Gasteiger partial charge in [0.1, 0.15) is 35.8 Å². The number of ether oxygens (including phenoxy) is 4. The van der Waals surface area contributed by atoms with Crippen molar-refractivity contribution in [2.24, 2.45) is 0 Å². The number of nitrogens with zero attached hydrogens (tertiary/aromatic N) is 1. The average molecular weight is 489 g/mol. The molecular weight excluding hydrogens is 460 g/mol. The molecule has 0 aliphatic heterocycles. The van der Waals surface area contributed by atoms with E-state index in [9.17, 15) is 10.1 Å². The van der Waals surface area contributed by atoms with E-state index in [4.69, 9.17) is 19.0 Å². The number of esters is 1. The lowest BCUT2D eigenvalue weighted by atomic mass is 9.96. The number of methoxy groups -OCH3 is 2. The van der Waals surface area contributed by atoms with E-state index in [1.807, 2.05) is 54.6 Å². The van der Waals surface area contributed by atoms with Crippen LogP contribution in [-0.2, 0) is 21.0 Å². The van der Waals surface area contributed by atoms with Crippen LogP contribution in [0.15, 0.2) is 79.1 Å². The summed E-state index contributed by atoms with van der Waals surface area (Å²) in [6.45, 7) is 0.322. The van der Waals surface area contributed by atoms with E-state index in [0.717, 1.165) is 11.1 Å². The molecule has 0 saturated carbocycles.